The molecular weight excluding hydrogens is 276 g/mol. The standard InChI is InChI=1S/C15H20O4S/c1-2-11-7-9-12(10-8-11)20(18,19)14-6-4-3-5-13(14)15(16)17/h3-6,11-12H,2,7-10H2,1H3,(H,16,17). The van der Waals surface area contributed by atoms with Gasteiger partial charge in [-0.1, -0.05) is 25.5 Å². The normalized spacial score (nSPS) is 23.4. The van der Waals surface area contributed by atoms with E-state index < -0.39 is 21.1 Å². The number of carboxylic acids is 1. The first kappa shape index (κ1) is 15.0. The quantitative estimate of drug-likeness (QED) is 0.926. The number of aromatic carboxylic acids is 1. The Balaban J connectivity index is 2.30. The van der Waals surface area contributed by atoms with E-state index >= 15 is 0 Å². The molecule has 0 aromatic heterocycles. The maximum absolute atomic E-state index is 12.6. The second-order valence-corrected chi connectivity index (χ2v) is 7.59. The highest BCUT2D eigenvalue weighted by Gasteiger charge is 2.33. The summed E-state index contributed by atoms with van der Waals surface area (Å²) in [5.74, 6) is -0.581. The lowest BCUT2D eigenvalue weighted by molar-refractivity contribution is 0.0692. The maximum Gasteiger partial charge on any atom is 0.337 e. The molecule has 1 fully saturated rings. The van der Waals surface area contributed by atoms with Crippen molar-refractivity contribution in [3.05, 3.63) is 29.8 Å². The molecule has 0 unspecified atom stereocenters. The maximum atomic E-state index is 12.6. The zero-order valence-electron chi connectivity index (χ0n) is 11.6. The molecule has 1 aliphatic rings. The van der Waals surface area contributed by atoms with Gasteiger partial charge in [-0.05, 0) is 43.7 Å². The van der Waals surface area contributed by atoms with Crippen molar-refractivity contribution in [2.45, 2.75) is 49.2 Å². The Morgan fingerprint density at radius 2 is 1.80 bits per heavy atom. The van der Waals surface area contributed by atoms with Gasteiger partial charge in [0.05, 0.1) is 15.7 Å². The molecule has 0 aliphatic heterocycles. The Bertz CT molecular complexity index is 584. The summed E-state index contributed by atoms with van der Waals surface area (Å²) in [6.07, 6.45) is 4.17. The van der Waals surface area contributed by atoms with Gasteiger partial charge in [0.1, 0.15) is 0 Å². The van der Waals surface area contributed by atoms with Crippen LogP contribution >= 0.6 is 0 Å². The number of benzene rings is 1. The van der Waals surface area contributed by atoms with E-state index in [4.69, 9.17) is 5.11 Å². The molecule has 5 heteroatoms. The van der Waals surface area contributed by atoms with E-state index in [1.165, 1.54) is 12.1 Å². The Morgan fingerprint density at radius 1 is 1.20 bits per heavy atom. The summed E-state index contributed by atoms with van der Waals surface area (Å²) in [6.45, 7) is 2.12. The van der Waals surface area contributed by atoms with Crippen LogP contribution in [0.4, 0.5) is 0 Å². The van der Waals surface area contributed by atoms with Gasteiger partial charge in [0.2, 0.25) is 0 Å². The predicted molar refractivity (Wildman–Crippen MR) is 76.6 cm³/mol. The fourth-order valence-corrected chi connectivity index (χ4v) is 4.90. The minimum Gasteiger partial charge on any atom is -0.478 e. The number of hydrogen-bond donors (Lipinski definition) is 1. The van der Waals surface area contributed by atoms with Crippen molar-refractivity contribution in [3.63, 3.8) is 0 Å². The van der Waals surface area contributed by atoms with E-state index in [0.29, 0.717) is 18.8 Å². The van der Waals surface area contributed by atoms with Crippen molar-refractivity contribution in [1.29, 1.82) is 0 Å². The highest BCUT2D eigenvalue weighted by Crippen LogP contribution is 2.34. The molecule has 0 amide bonds. The summed E-state index contributed by atoms with van der Waals surface area (Å²) in [5, 5.41) is 8.70. The first-order chi connectivity index (χ1) is 9.46. The average molecular weight is 296 g/mol. The van der Waals surface area contributed by atoms with Gasteiger partial charge >= 0.3 is 5.97 Å². The van der Waals surface area contributed by atoms with Gasteiger partial charge in [-0.3, -0.25) is 0 Å². The molecule has 0 bridgehead atoms. The summed E-state index contributed by atoms with van der Waals surface area (Å²) >= 11 is 0. The molecule has 4 nitrogen and oxygen atoms in total. The summed E-state index contributed by atoms with van der Waals surface area (Å²) in [6, 6.07) is 5.89. The number of rotatable bonds is 4. The minimum atomic E-state index is -3.55. The molecule has 0 spiro atoms. The number of sulfone groups is 1. The lowest BCUT2D eigenvalue weighted by Crippen LogP contribution is -2.28. The molecule has 0 radical (unpaired) electrons. The molecule has 1 saturated carbocycles. The van der Waals surface area contributed by atoms with E-state index in [9.17, 15) is 13.2 Å². The number of carbonyl (C=O) groups is 1. The van der Waals surface area contributed by atoms with Crippen LogP contribution in [-0.2, 0) is 9.84 Å². The van der Waals surface area contributed by atoms with E-state index in [-0.39, 0.29) is 10.5 Å². The predicted octanol–water partition coefficient (Wildman–Crippen LogP) is 3.13. The van der Waals surface area contributed by atoms with Crippen LogP contribution in [0, 0.1) is 5.92 Å². The molecule has 1 N–H and O–H groups in total. The molecule has 110 valence electrons. The summed E-state index contributed by atoms with van der Waals surface area (Å²) < 4.78 is 25.3. The third-order valence-corrected chi connectivity index (χ3v) is 6.55. The molecule has 20 heavy (non-hydrogen) atoms. The minimum absolute atomic E-state index is 0.0348. The summed E-state index contributed by atoms with van der Waals surface area (Å²) in [4.78, 5) is 11.2. The van der Waals surface area contributed by atoms with Crippen LogP contribution < -0.4 is 0 Å². The van der Waals surface area contributed by atoms with E-state index in [1.807, 2.05) is 0 Å². The molecule has 0 atom stereocenters. The van der Waals surface area contributed by atoms with Crippen molar-refractivity contribution in [2.75, 3.05) is 0 Å². The van der Waals surface area contributed by atoms with Crippen molar-refractivity contribution in [1.82, 2.24) is 0 Å². The van der Waals surface area contributed by atoms with Crippen molar-refractivity contribution >= 4 is 15.8 Å². The second kappa shape index (κ2) is 5.95. The van der Waals surface area contributed by atoms with Crippen LogP contribution in [0.1, 0.15) is 49.4 Å². The van der Waals surface area contributed by atoms with Crippen LogP contribution in [0.25, 0.3) is 0 Å². The Labute approximate surface area is 119 Å². The van der Waals surface area contributed by atoms with E-state index in [0.717, 1.165) is 19.3 Å². The highest BCUT2D eigenvalue weighted by molar-refractivity contribution is 7.92. The van der Waals surface area contributed by atoms with Crippen LogP contribution in [0.2, 0.25) is 0 Å². The zero-order valence-corrected chi connectivity index (χ0v) is 12.4. The first-order valence-corrected chi connectivity index (χ1v) is 8.57. The molecule has 0 saturated heterocycles. The summed E-state index contributed by atoms with van der Waals surface area (Å²) in [5.41, 5.74) is -0.120. The topological polar surface area (TPSA) is 71.4 Å². The largest absolute Gasteiger partial charge is 0.478 e. The SMILES string of the molecule is CCC1CCC(S(=O)(=O)c2ccccc2C(=O)O)CC1. The fourth-order valence-electron chi connectivity index (χ4n) is 2.92. The molecule has 1 aromatic rings. The van der Waals surface area contributed by atoms with Crippen LogP contribution in [0.15, 0.2) is 29.2 Å². The average Bonchev–Trinajstić information content (AvgIpc) is 2.47. The monoisotopic (exact) mass is 296 g/mol. The van der Waals surface area contributed by atoms with E-state index in [2.05, 4.69) is 6.92 Å². The Kier molecular flexibility index (Phi) is 4.48. The molecule has 1 aliphatic carbocycles. The van der Waals surface area contributed by atoms with Crippen molar-refractivity contribution < 1.29 is 18.3 Å². The lowest BCUT2D eigenvalue weighted by atomic mass is 9.87. The lowest BCUT2D eigenvalue weighted by Gasteiger charge is -2.27. The smallest absolute Gasteiger partial charge is 0.337 e. The molecule has 0 heterocycles. The number of hydrogen-bond acceptors (Lipinski definition) is 3. The number of carboxylic acid groups (broad SMARTS) is 1. The Hall–Kier alpha value is -1.36. The van der Waals surface area contributed by atoms with Gasteiger partial charge in [0.25, 0.3) is 0 Å². The van der Waals surface area contributed by atoms with Crippen molar-refractivity contribution in [3.8, 4) is 0 Å². The van der Waals surface area contributed by atoms with E-state index in [1.54, 1.807) is 12.1 Å². The van der Waals surface area contributed by atoms with Crippen LogP contribution in [0.3, 0.4) is 0 Å². The Morgan fingerprint density at radius 3 is 2.35 bits per heavy atom. The van der Waals surface area contributed by atoms with Gasteiger partial charge in [-0.25, -0.2) is 13.2 Å². The van der Waals surface area contributed by atoms with Gasteiger partial charge < -0.3 is 5.11 Å². The fraction of sp³-hybridized carbons (Fsp3) is 0.533. The van der Waals surface area contributed by atoms with Gasteiger partial charge in [-0.2, -0.15) is 0 Å². The zero-order chi connectivity index (χ0) is 14.8. The third-order valence-electron chi connectivity index (χ3n) is 4.23. The van der Waals surface area contributed by atoms with Gasteiger partial charge in [0, 0.05) is 0 Å². The second-order valence-electron chi connectivity index (χ2n) is 5.40. The molecule has 2 rings (SSSR count). The molecular formula is C15H20O4S. The highest BCUT2D eigenvalue weighted by atomic mass is 32.2. The van der Waals surface area contributed by atoms with Gasteiger partial charge in [0.15, 0.2) is 9.84 Å². The first-order valence-electron chi connectivity index (χ1n) is 7.03. The molecule has 1 aromatic carbocycles. The third kappa shape index (κ3) is 2.87. The van der Waals surface area contributed by atoms with Crippen LogP contribution in [-0.4, -0.2) is 24.7 Å². The van der Waals surface area contributed by atoms with Crippen molar-refractivity contribution in [2.24, 2.45) is 5.92 Å². The van der Waals surface area contributed by atoms with Crippen LogP contribution in [0.5, 0.6) is 0 Å². The van der Waals surface area contributed by atoms with Gasteiger partial charge in [-0.15, -0.1) is 0 Å². The summed E-state index contributed by atoms with van der Waals surface area (Å²) in [7, 11) is -3.55.